The fraction of sp³-hybridized carbons (Fsp3) is 0.368. The Kier molecular flexibility index (Phi) is 10.4. The number of aromatic nitrogens is 1. The molecule has 2 rings (SSSR count). The van der Waals surface area contributed by atoms with Crippen LogP contribution in [0.1, 0.15) is 31.0 Å². The predicted octanol–water partition coefficient (Wildman–Crippen LogP) is 2.60. The molecule has 28 heavy (non-hydrogen) atoms. The van der Waals surface area contributed by atoms with Crippen LogP contribution in [0.15, 0.2) is 58.7 Å². The van der Waals surface area contributed by atoms with E-state index in [4.69, 9.17) is 0 Å². The topological polar surface area (TPSA) is 95.5 Å². The zero-order valence-electron chi connectivity index (χ0n) is 16.3. The first-order valence-electron chi connectivity index (χ1n) is 8.94. The molecule has 1 unspecified atom stereocenters. The number of hydrogen-bond acceptors (Lipinski definition) is 4. The number of hydrogen-bond donors (Lipinski definition) is 3. The second-order valence-electron chi connectivity index (χ2n) is 6.07. The summed E-state index contributed by atoms with van der Waals surface area (Å²) in [6.07, 6.45) is 2.86. The SMILES string of the molecule is CCNC(=NCCNS(=O)(=O)c1cccnc1)NC(C)c1ccccc1C.I. The van der Waals surface area contributed by atoms with Crippen molar-refractivity contribution in [2.75, 3.05) is 19.6 Å². The summed E-state index contributed by atoms with van der Waals surface area (Å²) < 4.78 is 26.9. The molecule has 1 aromatic carbocycles. The van der Waals surface area contributed by atoms with Gasteiger partial charge in [0.15, 0.2) is 5.96 Å². The van der Waals surface area contributed by atoms with E-state index < -0.39 is 10.0 Å². The molecule has 1 heterocycles. The summed E-state index contributed by atoms with van der Waals surface area (Å²) in [7, 11) is -3.56. The quantitative estimate of drug-likeness (QED) is 0.217. The number of nitrogens with one attached hydrogen (secondary N) is 3. The second-order valence-corrected chi connectivity index (χ2v) is 7.84. The van der Waals surface area contributed by atoms with Crippen LogP contribution >= 0.6 is 24.0 Å². The highest BCUT2D eigenvalue weighted by Gasteiger charge is 2.13. The number of sulfonamides is 1. The Morgan fingerprint density at radius 3 is 2.61 bits per heavy atom. The van der Waals surface area contributed by atoms with Crippen molar-refractivity contribution in [3.8, 4) is 0 Å². The molecule has 0 saturated carbocycles. The Hall–Kier alpha value is -1.72. The van der Waals surface area contributed by atoms with E-state index >= 15 is 0 Å². The molecule has 0 amide bonds. The first-order chi connectivity index (χ1) is 12.9. The van der Waals surface area contributed by atoms with Gasteiger partial charge in [-0.3, -0.25) is 9.98 Å². The molecule has 0 spiro atoms. The first kappa shape index (κ1) is 24.3. The molecule has 1 atom stereocenters. The maximum Gasteiger partial charge on any atom is 0.242 e. The molecular weight excluding hydrogens is 489 g/mol. The van der Waals surface area contributed by atoms with Gasteiger partial charge in [0.25, 0.3) is 0 Å². The van der Waals surface area contributed by atoms with E-state index in [1.807, 2.05) is 19.1 Å². The van der Waals surface area contributed by atoms with Crippen molar-refractivity contribution in [1.82, 2.24) is 20.3 Å². The average molecular weight is 517 g/mol. The van der Waals surface area contributed by atoms with Crippen molar-refractivity contribution >= 4 is 40.0 Å². The lowest BCUT2D eigenvalue weighted by Gasteiger charge is -2.19. The smallest absolute Gasteiger partial charge is 0.242 e. The fourth-order valence-corrected chi connectivity index (χ4v) is 3.60. The van der Waals surface area contributed by atoms with E-state index in [1.165, 1.54) is 29.6 Å². The van der Waals surface area contributed by atoms with Gasteiger partial charge in [0.05, 0.1) is 12.6 Å². The summed E-state index contributed by atoms with van der Waals surface area (Å²) in [4.78, 5) is 8.44. The maximum absolute atomic E-state index is 12.2. The standard InChI is InChI=1S/C19H27N5O2S.HI/c1-4-21-19(24-16(3)18-10-6-5-8-15(18)2)22-12-13-23-27(25,26)17-9-7-11-20-14-17;/h5-11,14,16,23H,4,12-13H2,1-3H3,(H2,21,22,24);1H. The molecule has 0 aliphatic heterocycles. The van der Waals surface area contributed by atoms with Crippen molar-refractivity contribution in [1.29, 1.82) is 0 Å². The molecule has 2 aromatic rings. The number of benzene rings is 1. The minimum Gasteiger partial charge on any atom is -0.357 e. The lowest BCUT2D eigenvalue weighted by atomic mass is 10.0. The molecule has 0 aliphatic rings. The summed E-state index contributed by atoms with van der Waals surface area (Å²) in [6.45, 7) is 7.36. The highest BCUT2D eigenvalue weighted by atomic mass is 127. The largest absolute Gasteiger partial charge is 0.357 e. The Bertz CT molecular complexity index is 860. The Morgan fingerprint density at radius 1 is 1.21 bits per heavy atom. The summed E-state index contributed by atoms with van der Waals surface area (Å²) in [5.74, 6) is 0.647. The van der Waals surface area contributed by atoms with Gasteiger partial charge in [-0.2, -0.15) is 0 Å². The number of aliphatic imine (C=N–C) groups is 1. The molecule has 154 valence electrons. The molecule has 0 aliphatic carbocycles. The number of guanidine groups is 1. The van der Waals surface area contributed by atoms with Gasteiger partial charge < -0.3 is 10.6 Å². The fourth-order valence-electron chi connectivity index (χ4n) is 2.61. The molecular formula is C19H28IN5O2S. The van der Waals surface area contributed by atoms with Crippen LogP contribution < -0.4 is 15.4 Å². The third-order valence-corrected chi connectivity index (χ3v) is 5.42. The lowest BCUT2D eigenvalue weighted by molar-refractivity contribution is 0.581. The van der Waals surface area contributed by atoms with Crippen LogP contribution in [0, 0.1) is 6.92 Å². The number of rotatable bonds is 8. The third kappa shape index (κ3) is 7.36. The van der Waals surface area contributed by atoms with Gasteiger partial charge >= 0.3 is 0 Å². The number of pyridine rings is 1. The highest BCUT2D eigenvalue weighted by Crippen LogP contribution is 2.16. The Balaban J connectivity index is 0.00000392. The molecule has 0 radical (unpaired) electrons. The van der Waals surface area contributed by atoms with Crippen molar-refractivity contribution in [2.24, 2.45) is 4.99 Å². The predicted molar refractivity (Wildman–Crippen MR) is 124 cm³/mol. The molecule has 1 aromatic heterocycles. The van der Waals surface area contributed by atoms with Gasteiger partial charge in [0.2, 0.25) is 10.0 Å². The van der Waals surface area contributed by atoms with Gasteiger partial charge in [0.1, 0.15) is 4.90 Å². The maximum atomic E-state index is 12.2. The van der Waals surface area contributed by atoms with Crippen molar-refractivity contribution in [2.45, 2.75) is 31.7 Å². The molecule has 9 heteroatoms. The molecule has 0 saturated heterocycles. The Morgan fingerprint density at radius 2 is 1.96 bits per heavy atom. The lowest BCUT2D eigenvalue weighted by Crippen LogP contribution is -2.39. The number of nitrogens with zero attached hydrogens (tertiary/aromatic N) is 2. The van der Waals surface area contributed by atoms with Crippen molar-refractivity contribution in [3.63, 3.8) is 0 Å². The summed E-state index contributed by atoms with van der Waals surface area (Å²) >= 11 is 0. The molecule has 0 fully saturated rings. The average Bonchev–Trinajstić information content (AvgIpc) is 2.66. The van der Waals surface area contributed by atoms with Crippen LogP contribution in [-0.4, -0.2) is 39.0 Å². The second kappa shape index (κ2) is 12.0. The summed E-state index contributed by atoms with van der Waals surface area (Å²) in [5.41, 5.74) is 2.40. The van der Waals surface area contributed by atoms with E-state index in [0.29, 0.717) is 19.0 Å². The molecule has 3 N–H and O–H groups in total. The zero-order chi connectivity index (χ0) is 19.7. The van der Waals surface area contributed by atoms with Crippen molar-refractivity contribution in [3.05, 3.63) is 59.9 Å². The van der Waals surface area contributed by atoms with Gasteiger partial charge in [-0.05, 0) is 44.0 Å². The van der Waals surface area contributed by atoms with E-state index in [0.717, 1.165) is 0 Å². The van der Waals surface area contributed by atoms with Crippen LogP contribution in [0.2, 0.25) is 0 Å². The van der Waals surface area contributed by atoms with Gasteiger partial charge in [0, 0.05) is 25.5 Å². The highest BCUT2D eigenvalue weighted by molar-refractivity contribution is 14.0. The summed E-state index contributed by atoms with van der Waals surface area (Å²) in [6, 6.07) is 11.4. The third-order valence-electron chi connectivity index (χ3n) is 3.97. The Labute approximate surface area is 184 Å². The van der Waals surface area contributed by atoms with Crippen molar-refractivity contribution < 1.29 is 8.42 Å². The van der Waals surface area contributed by atoms with Crippen LogP contribution in [0.4, 0.5) is 0 Å². The van der Waals surface area contributed by atoms with Crippen LogP contribution in [0.25, 0.3) is 0 Å². The van der Waals surface area contributed by atoms with E-state index in [2.05, 4.69) is 51.3 Å². The molecule has 0 bridgehead atoms. The minimum atomic E-state index is -3.56. The number of halogens is 1. The summed E-state index contributed by atoms with van der Waals surface area (Å²) in [5, 5.41) is 6.54. The van der Waals surface area contributed by atoms with Gasteiger partial charge in [-0.15, -0.1) is 24.0 Å². The number of aryl methyl sites for hydroxylation is 1. The van der Waals surface area contributed by atoms with Gasteiger partial charge in [-0.25, -0.2) is 13.1 Å². The van der Waals surface area contributed by atoms with Crippen LogP contribution in [0.5, 0.6) is 0 Å². The molecule has 7 nitrogen and oxygen atoms in total. The van der Waals surface area contributed by atoms with Gasteiger partial charge in [-0.1, -0.05) is 24.3 Å². The van der Waals surface area contributed by atoms with E-state index in [-0.39, 0.29) is 41.5 Å². The first-order valence-corrected chi connectivity index (χ1v) is 10.4. The van der Waals surface area contributed by atoms with Crippen LogP contribution in [-0.2, 0) is 10.0 Å². The zero-order valence-corrected chi connectivity index (χ0v) is 19.5. The van der Waals surface area contributed by atoms with Crippen LogP contribution in [0.3, 0.4) is 0 Å². The van der Waals surface area contributed by atoms with E-state index in [9.17, 15) is 8.42 Å². The van der Waals surface area contributed by atoms with E-state index in [1.54, 1.807) is 6.07 Å². The minimum absolute atomic E-state index is 0. The normalized spacial score (nSPS) is 12.8. The monoisotopic (exact) mass is 517 g/mol.